The molecule has 0 fully saturated rings. The lowest BCUT2D eigenvalue weighted by Crippen LogP contribution is -2.39. The van der Waals surface area contributed by atoms with Gasteiger partial charge in [0.1, 0.15) is 5.75 Å². The van der Waals surface area contributed by atoms with Crippen LogP contribution in [0.3, 0.4) is 0 Å². The van der Waals surface area contributed by atoms with E-state index in [0.29, 0.717) is 31.2 Å². The van der Waals surface area contributed by atoms with E-state index in [-0.39, 0.29) is 12.5 Å². The van der Waals surface area contributed by atoms with Gasteiger partial charge >= 0.3 is 0 Å². The number of nitrogens with zero attached hydrogens (tertiary/aromatic N) is 1. The average Bonchev–Trinajstić information content (AvgIpc) is 2.37. The first-order valence-electron chi connectivity index (χ1n) is 6.13. The first-order chi connectivity index (χ1) is 8.72. The minimum Gasteiger partial charge on any atom is -0.481 e. The maximum absolute atomic E-state index is 11.8. The molecule has 1 aromatic rings. The summed E-state index contributed by atoms with van der Waals surface area (Å²) in [4.78, 5) is 13.6. The number of anilines is 2. The zero-order chi connectivity index (χ0) is 13.0. The van der Waals surface area contributed by atoms with Crippen LogP contribution in [0.4, 0.5) is 11.4 Å². The molecule has 18 heavy (non-hydrogen) atoms. The molecule has 0 aromatic heterocycles. The van der Waals surface area contributed by atoms with Gasteiger partial charge in [-0.3, -0.25) is 4.79 Å². The van der Waals surface area contributed by atoms with Crippen LogP contribution in [-0.2, 0) is 9.53 Å². The molecular formula is C13H18N2O3. The molecule has 0 unspecified atom stereocenters. The summed E-state index contributed by atoms with van der Waals surface area (Å²) in [5.74, 6) is 0.648. The number of ether oxygens (including phenoxy) is 2. The predicted octanol–water partition coefficient (Wildman–Crippen LogP) is 1.42. The number of carbonyl (C=O) groups excluding carboxylic acids is 1. The zero-order valence-corrected chi connectivity index (χ0v) is 10.5. The van der Waals surface area contributed by atoms with Crippen LogP contribution in [0.5, 0.6) is 5.75 Å². The molecule has 1 aliphatic rings. The van der Waals surface area contributed by atoms with Gasteiger partial charge in [0.05, 0.1) is 5.69 Å². The van der Waals surface area contributed by atoms with E-state index in [9.17, 15) is 4.79 Å². The van der Waals surface area contributed by atoms with Crippen molar-refractivity contribution in [2.45, 2.75) is 13.3 Å². The maximum Gasteiger partial charge on any atom is 0.265 e. The van der Waals surface area contributed by atoms with Gasteiger partial charge in [0, 0.05) is 31.5 Å². The standard InChI is InChI=1S/C13H18N2O3/c1-2-17-7-3-6-15-11-5-4-10(14)8-12(11)18-9-13(15)16/h4-5,8H,2-3,6-7,9,14H2,1H3. The fourth-order valence-corrected chi connectivity index (χ4v) is 1.94. The van der Waals surface area contributed by atoms with E-state index in [1.165, 1.54) is 0 Å². The predicted molar refractivity (Wildman–Crippen MR) is 69.8 cm³/mol. The lowest BCUT2D eigenvalue weighted by atomic mass is 10.2. The number of fused-ring (bicyclic) bond motifs is 1. The van der Waals surface area contributed by atoms with Crippen LogP contribution >= 0.6 is 0 Å². The van der Waals surface area contributed by atoms with Crippen molar-refractivity contribution in [1.29, 1.82) is 0 Å². The first kappa shape index (κ1) is 12.7. The Labute approximate surface area is 106 Å². The van der Waals surface area contributed by atoms with E-state index in [1.807, 2.05) is 13.0 Å². The van der Waals surface area contributed by atoms with E-state index in [2.05, 4.69) is 0 Å². The lowest BCUT2D eigenvalue weighted by molar-refractivity contribution is -0.121. The van der Waals surface area contributed by atoms with Crippen LogP contribution in [-0.4, -0.2) is 32.3 Å². The molecule has 2 rings (SSSR count). The van der Waals surface area contributed by atoms with Crippen molar-refractivity contribution < 1.29 is 14.3 Å². The number of nitrogens with two attached hydrogens (primary N) is 1. The minimum absolute atomic E-state index is 0.0243. The lowest BCUT2D eigenvalue weighted by Gasteiger charge is -2.29. The van der Waals surface area contributed by atoms with Gasteiger partial charge in [-0.1, -0.05) is 0 Å². The molecule has 1 heterocycles. The summed E-state index contributed by atoms with van der Waals surface area (Å²) in [5, 5.41) is 0. The van der Waals surface area contributed by atoms with Gasteiger partial charge in [-0.25, -0.2) is 0 Å². The summed E-state index contributed by atoms with van der Waals surface area (Å²) in [6, 6.07) is 5.34. The quantitative estimate of drug-likeness (QED) is 0.634. The van der Waals surface area contributed by atoms with Crippen LogP contribution in [0.25, 0.3) is 0 Å². The molecule has 0 radical (unpaired) electrons. The highest BCUT2D eigenvalue weighted by atomic mass is 16.5. The van der Waals surface area contributed by atoms with Gasteiger partial charge in [0.2, 0.25) is 0 Å². The number of hydrogen-bond acceptors (Lipinski definition) is 4. The van der Waals surface area contributed by atoms with Gasteiger partial charge in [0.15, 0.2) is 6.61 Å². The summed E-state index contributed by atoms with van der Waals surface area (Å²) in [6.07, 6.45) is 0.809. The topological polar surface area (TPSA) is 64.8 Å². The fourth-order valence-electron chi connectivity index (χ4n) is 1.94. The Kier molecular flexibility index (Phi) is 4.04. The molecule has 5 heteroatoms. The largest absolute Gasteiger partial charge is 0.481 e. The Morgan fingerprint density at radius 1 is 1.50 bits per heavy atom. The minimum atomic E-state index is -0.0243. The summed E-state index contributed by atoms with van der Waals surface area (Å²) in [5.41, 5.74) is 7.12. The van der Waals surface area contributed by atoms with Gasteiger partial charge in [-0.15, -0.1) is 0 Å². The van der Waals surface area contributed by atoms with E-state index in [4.69, 9.17) is 15.2 Å². The van der Waals surface area contributed by atoms with Crippen molar-refractivity contribution in [3.63, 3.8) is 0 Å². The third kappa shape index (κ3) is 2.73. The Balaban J connectivity index is 2.08. The molecule has 1 amide bonds. The van der Waals surface area contributed by atoms with Crippen LogP contribution in [0.2, 0.25) is 0 Å². The Bertz CT molecular complexity index is 434. The second-order valence-electron chi connectivity index (χ2n) is 4.11. The SMILES string of the molecule is CCOCCCN1C(=O)COc2cc(N)ccc21. The molecule has 5 nitrogen and oxygen atoms in total. The van der Waals surface area contributed by atoms with Gasteiger partial charge in [0.25, 0.3) is 5.91 Å². The van der Waals surface area contributed by atoms with Crippen LogP contribution in [0.1, 0.15) is 13.3 Å². The van der Waals surface area contributed by atoms with E-state index in [0.717, 1.165) is 12.1 Å². The van der Waals surface area contributed by atoms with Crippen molar-refractivity contribution >= 4 is 17.3 Å². The zero-order valence-electron chi connectivity index (χ0n) is 10.5. The number of amides is 1. The van der Waals surface area contributed by atoms with Crippen LogP contribution in [0.15, 0.2) is 18.2 Å². The van der Waals surface area contributed by atoms with Crippen molar-refractivity contribution in [3.05, 3.63) is 18.2 Å². The summed E-state index contributed by atoms with van der Waals surface area (Å²) in [6.45, 7) is 4.03. The van der Waals surface area contributed by atoms with E-state index < -0.39 is 0 Å². The molecule has 98 valence electrons. The van der Waals surface area contributed by atoms with Crippen LogP contribution in [0, 0.1) is 0 Å². The van der Waals surface area contributed by atoms with Crippen molar-refractivity contribution in [2.24, 2.45) is 0 Å². The maximum atomic E-state index is 11.8. The highest BCUT2D eigenvalue weighted by Gasteiger charge is 2.24. The summed E-state index contributed by atoms with van der Waals surface area (Å²) < 4.78 is 10.6. The molecular weight excluding hydrogens is 232 g/mol. The molecule has 0 spiro atoms. The molecule has 0 atom stereocenters. The first-order valence-corrected chi connectivity index (χ1v) is 6.13. The number of carbonyl (C=O) groups is 1. The summed E-state index contributed by atoms with van der Waals surface area (Å²) >= 11 is 0. The van der Waals surface area contributed by atoms with Gasteiger partial charge in [-0.2, -0.15) is 0 Å². The number of benzene rings is 1. The van der Waals surface area contributed by atoms with Gasteiger partial charge in [-0.05, 0) is 25.5 Å². The second-order valence-corrected chi connectivity index (χ2v) is 4.11. The average molecular weight is 250 g/mol. The smallest absolute Gasteiger partial charge is 0.265 e. The molecule has 1 aromatic carbocycles. The van der Waals surface area contributed by atoms with Crippen molar-refractivity contribution in [2.75, 3.05) is 37.0 Å². The van der Waals surface area contributed by atoms with Crippen LogP contribution < -0.4 is 15.4 Å². The molecule has 1 aliphatic heterocycles. The molecule has 0 saturated heterocycles. The van der Waals surface area contributed by atoms with Crippen molar-refractivity contribution in [3.8, 4) is 5.75 Å². The number of nitrogen functional groups attached to an aromatic ring is 1. The second kappa shape index (κ2) is 5.73. The molecule has 2 N–H and O–H groups in total. The third-order valence-electron chi connectivity index (χ3n) is 2.80. The molecule has 0 saturated carbocycles. The highest BCUT2D eigenvalue weighted by Crippen LogP contribution is 2.33. The van der Waals surface area contributed by atoms with Crippen molar-refractivity contribution in [1.82, 2.24) is 0 Å². The van der Waals surface area contributed by atoms with Gasteiger partial charge < -0.3 is 20.1 Å². The Morgan fingerprint density at radius 3 is 3.11 bits per heavy atom. The third-order valence-corrected chi connectivity index (χ3v) is 2.80. The number of rotatable bonds is 5. The Morgan fingerprint density at radius 2 is 2.33 bits per heavy atom. The molecule has 0 bridgehead atoms. The molecule has 0 aliphatic carbocycles. The summed E-state index contributed by atoms with van der Waals surface area (Å²) in [7, 11) is 0. The Hall–Kier alpha value is -1.75. The van der Waals surface area contributed by atoms with E-state index >= 15 is 0 Å². The normalized spacial score (nSPS) is 14.3. The fraction of sp³-hybridized carbons (Fsp3) is 0.462. The number of hydrogen-bond donors (Lipinski definition) is 1. The van der Waals surface area contributed by atoms with E-state index in [1.54, 1.807) is 17.0 Å². The highest BCUT2D eigenvalue weighted by molar-refractivity contribution is 5.98. The monoisotopic (exact) mass is 250 g/mol.